The number of anilines is 1. The summed E-state index contributed by atoms with van der Waals surface area (Å²) in [5, 5.41) is 7.08. The Morgan fingerprint density at radius 3 is 2.95 bits per heavy atom. The van der Waals surface area contributed by atoms with Crippen molar-refractivity contribution in [2.24, 2.45) is 0 Å². The van der Waals surface area contributed by atoms with Crippen LogP contribution in [0.1, 0.15) is 15.4 Å². The molecule has 0 aliphatic heterocycles. The molecule has 6 nitrogen and oxygen atoms in total. The maximum atomic E-state index is 12.0. The first-order valence-corrected chi connectivity index (χ1v) is 7.31. The number of ether oxygens (including phenoxy) is 1. The Kier molecular flexibility index (Phi) is 3.33. The Hall–Kier alpha value is -2.06. The SMILES string of the molecule is COc1ccc2nc(NC(=O)c3nnsc3C)sc2c1. The van der Waals surface area contributed by atoms with E-state index in [-0.39, 0.29) is 5.91 Å². The maximum absolute atomic E-state index is 12.0. The Labute approximate surface area is 122 Å². The molecule has 102 valence electrons. The molecule has 0 spiro atoms. The van der Waals surface area contributed by atoms with Crippen molar-refractivity contribution < 1.29 is 9.53 Å². The van der Waals surface area contributed by atoms with Gasteiger partial charge in [0.1, 0.15) is 5.75 Å². The average molecular weight is 306 g/mol. The van der Waals surface area contributed by atoms with Crippen LogP contribution in [-0.4, -0.2) is 27.6 Å². The van der Waals surface area contributed by atoms with Crippen molar-refractivity contribution in [1.82, 2.24) is 14.6 Å². The van der Waals surface area contributed by atoms with Gasteiger partial charge in [0.05, 0.1) is 22.2 Å². The Morgan fingerprint density at radius 2 is 2.25 bits per heavy atom. The third-order valence-corrected chi connectivity index (χ3v) is 4.25. The maximum Gasteiger partial charge on any atom is 0.279 e. The van der Waals surface area contributed by atoms with E-state index in [1.165, 1.54) is 22.9 Å². The molecule has 0 bridgehead atoms. The fraction of sp³-hybridized carbons (Fsp3) is 0.167. The molecule has 0 saturated carbocycles. The molecule has 20 heavy (non-hydrogen) atoms. The molecule has 0 saturated heterocycles. The second kappa shape index (κ2) is 5.14. The van der Waals surface area contributed by atoms with Gasteiger partial charge in [-0.2, -0.15) is 0 Å². The molecule has 3 aromatic rings. The highest BCUT2D eigenvalue weighted by atomic mass is 32.1. The summed E-state index contributed by atoms with van der Waals surface area (Å²) in [4.78, 5) is 17.2. The van der Waals surface area contributed by atoms with Crippen LogP contribution in [0, 0.1) is 6.92 Å². The molecule has 1 aromatic carbocycles. The first-order chi connectivity index (χ1) is 9.67. The summed E-state index contributed by atoms with van der Waals surface area (Å²) in [7, 11) is 1.61. The molecule has 2 aromatic heterocycles. The lowest BCUT2D eigenvalue weighted by Crippen LogP contribution is -2.13. The van der Waals surface area contributed by atoms with Crippen molar-refractivity contribution in [3.8, 4) is 5.75 Å². The fourth-order valence-electron chi connectivity index (χ4n) is 1.68. The predicted molar refractivity (Wildman–Crippen MR) is 78.8 cm³/mol. The normalized spacial score (nSPS) is 10.7. The van der Waals surface area contributed by atoms with Crippen molar-refractivity contribution >= 4 is 44.1 Å². The van der Waals surface area contributed by atoms with Crippen molar-refractivity contribution in [1.29, 1.82) is 0 Å². The average Bonchev–Trinajstić information content (AvgIpc) is 3.03. The van der Waals surface area contributed by atoms with Crippen LogP contribution in [0.3, 0.4) is 0 Å². The lowest BCUT2D eigenvalue weighted by atomic mass is 10.3. The van der Waals surface area contributed by atoms with Gasteiger partial charge in [0, 0.05) is 0 Å². The van der Waals surface area contributed by atoms with Crippen molar-refractivity contribution in [3.05, 3.63) is 28.8 Å². The zero-order valence-corrected chi connectivity index (χ0v) is 12.3. The number of carbonyl (C=O) groups is 1. The number of amides is 1. The van der Waals surface area contributed by atoms with Gasteiger partial charge in [-0.1, -0.05) is 15.8 Å². The zero-order chi connectivity index (χ0) is 14.1. The quantitative estimate of drug-likeness (QED) is 0.805. The van der Waals surface area contributed by atoms with E-state index >= 15 is 0 Å². The number of hydrogen-bond donors (Lipinski definition) is 1. The number of aromatic nitrogens is 3. The minimum atomic E-state index is -0.290. The summed E-state index contributed by atoms with van der Waals surface area (Å²) in [5.41, 5.74) is 1.16. The summed E-state index contributed by atoms with van der Waals surface area (Å²) in [6, 6.07) is 5.58. The number of aryl methyl sites for hydroxylation is 1. The van der Waals surface area contributed by atoms with Gasteiger partial charge in [-0.05, 0) is 36.7 Å². The second-order valence-corrected chi connectivity index (χ2v) is 5.97. The molecule has 0 fully saturated rings. The Bertz CT molecular complexity index is 781. The number of hydrogen-bond acceptors (Lipinski definition) is 7. The number of nitrogens with zero attached hydrogens (tertiary/aromatic N) is 3. The molecular formula is C12H10N4O2S2. The minimum Gasteiger partial charge on any atom is -0.497 e. The lowest BCUT2D eigenvalue weighted by molar-refractivity contribution is 0.102. The molecule has 0 aliphatic rings. The first-order valence-electron chi connectivity index (χ1n) is 5.72. The monoisotopic (exact) mass is 306 g/mol. The van der Waals surface area contributed by atoms with Gasteiger partial charge in [0.15, 0.2) is 10.8 Å². The second-order valence-electron chi connectivity index (χ2n) is 3.98. The Balaban J connectivity index is 1.88. The van der Waals surface area contributed by atoms with E-state index in [9.17, 15) is 4.79 Å². The van der Waals surface area contributed by atoms with Gasteiger partial charge in [-0.3, -0.25) is 10.1 Å². The van der Waals surface area contributed by atoms with Gasteiger partial charge in [0.25, 0.3) is 5.91 Å². The Morgan fingerprint density at radius 1 is 1.40 bits per heavy atom. The van der Waals surface area contributed by atoms with Crippen LogP contribution in [-0.2, 0) is 0 Å². The van der Waals surface area contributed by atoms with Gasteiger partial charge < -0.3 is 4.74 Å². The van der Waals surface area contributed by atoms with Crippen LogP contribution in [0.2, 0.25) is 0 Å². The summed E-state index contributed by atoms with van der Waals surface area (Å²) >= 11 is 2.59. The number of benzene rings is 1. The van der Waals surface area contributed by atoms with Crippen molar-refractivity contribution in [3.63, 3.8) is 0 Å². The molecular weight excluding hydrogens is 296 g/mol. The zero-order valence-electron chi connectivity index (χ0n) is 10.7. The van der Waals surface area contributed by atoms with Crippen LogP contribution in [0.5, 0.6) is 5.75 Å². The smallest absolute Gasteiger partial charge is 0.279 e. The summed E-state index contributed by atoms with van der Waals surface area (Å²) in [5.74, 6) is 0.473. The summed E-state index contributed by atoms with van der Waals surface area (Å²) in [6.45, 7) is 1.81. The largest absolute Gasteiger partial charge is 0.497 e. The van der Waals surface area contributed by atoms with Crippen LogP contribution in [0.4, 0.5) is 5.13 Å². The van der Waals surface area contributed by atoms with Crippen LogP contribution in [0.15, 0.2) is 18.2 Å². The van der Waals surface area contributed by atoms with E-state index in [0.717, 1.165) is 20.8 Å². The fourth-order valence-corrected chi connectivity index (χ4v) is 3.04. The number of carbonyl (C=O) groups excluding carboxylic acids is 1. The molecule has 1 amide bonds. The molecule has 8 heteroatoms. The third-order valence-electron chi connectivity index (χ3n) is 2.68. The molecule has 2 heterocycles. The van der Waals surface area contributed by atoms with Gasteiger partial charge in [-0.25, -0.2) is 4.98 Å². The van der Waals surface area contributed by atoms with Crippen LogP contribution < -0.4 is 10.1 Å². The van der Waals surface area contributed by atoms with Crippen LogP contribution in [0.25, 0.3) is 10.2 Å². The van der Waals surface area contributed by atoms with E-state index in [0.29, 0.717) is 10.8 Å². The molecule has 0 radical (unpaired) electrons. The molecule has 0 unspecified atom stereocenters. The number of methoxy groups -OCH3 is 1. The number of nitrogens with one attached hydrogen (secondary N) is 1. The van der Waals surface area contributed by atoms with Crippen molar-refractivity contribution in [2.75, 3.05) is 12.4 Å². The summed E-state index contributed by atoms with van der Waals surface area (Å²) < 4.78 is 9.86. The van der Waals surface area contributed by atoms with E-state index in [1.54, 1.807) is 7.11 Å². The molecule has 0 aliphatic carbocycles. The number of thiazole rings is 1. The van der Waals surface area contributed by atoms with E-state index in [1.807, 2.05) is 25.1 Å². The molecule has 1 N–H and O–H groups in total. The van der Waals surface area contributed by atoms with E-state index in [2.05, 4.69) is 19.9 Å². The van der Waals surface area contributed by atoms with Crippen molar-refractivity contribution in [2.45, 2.75) is 6.92 Å². The molecule has 0 atom stereocenters. The van der Waals surface area contributed by atoms with E-state index < -0.39 is 0 Å². The van der Waals surface area contributed by atoms with Gasteiger partial charge >= 0.3 is 0 Å². The van der Waals surface area contributed by atoms with Gasteiger partial charge in [-0.15, -0.1) is 5.10 Å². The highest BCUT2D eigenvalue weighted by Gasteiger charge is 2.15. The summed E-state index contributed by atoms with van der Waals surface area (Å²) in [6.07, 6.45) is 0. The standard InChI is InChI=1S/C12H10N4O2S2/c1-6-10(15-16-20-6)11(17)14-12-13-8-4-3-7(18-2)5-9(8)19-12/h3-5H,1-2H3,(H,13,14,17). The van der Waals surface area contributed by atoms with Gasteiger partial charge in [0.2, 0.25) is 0 Å². The number of rotatable bonds is 3. The highest BCUT2D eigenvalue weighted by Crippen LogP contribution is 2.29. The molecule has 3 rings (SSSR count). The third kappa shape index (κ3) is 2.35. The first kappa shape index (κ1) is 12.9. The predicted octanol–water partition coefficient (Wildman–Crippen LogP) is 2.72. The number of fused-ring (bicyclic) bond motifs is 1. The van der Waals surface area contributed by atoms with Crippen LogP contribution >= 0.6 is 22.9 Å². The topological polar surface area (TPSA) is 77.0 Å². The minimum absolute atomic E-state index is 0.290. The van der Waals surface area contributed by atoms with E-state index in [4.69, 9.17) is 4.74 Å². The lowest BCUT2D eigenvalue weighted by Gasteiger charge is -1.97. The highest BCUT2D eigenvalue weighted by molar-refractivity contribution is 7.22.